The number of carboxylic acid groups (broad SMARTS) is 1. The summed E-state index contributed by atoms with van der Waals surface area (Å²) in [4.78, 5) is 22.8. The van der Waals surface area contributed by atoms with Crippen molar-refractivity contribution in [2.45, 2.75) is 115 Å². The molecule has 166 valence electrons. The maximum Gasteiger partial charge on any atom is 0.328 e. The van der Waals surface area contributed by atoms with Crippen molar-refractivity contribution in [2.24, 2.45) is 5.73 Å². The summed E-state index contributed by atoms with van der Waals surface area (Å²) in [5.41, 5.74) is 3.22. The summed E-state index contributed by atoms with van der Waals surface area (Å²) in [6.45, 7) is 1.22. The fourth-order valence-corrected chi connectivity index (χ4v) is 3.22. The molecule has 28 heavy (non-hydrogen) atoms. The van der Waals surface area contributed by atoms with Crippen LogP contribution in [-0.2, 0) is 9.59 Å². The lowest BCUT2D eigenvalue weighted by Gasteiger charge is -2.31. The molecule has 0 spiro atoms. The fraction of sp³-hybridized carbons (Fsp3) is 0.905. The minimum Gasteiger partial charge on any atom is -0.480 e. The highest BCUT2D eigenvalue weighted by Gasteiger charge is 2.44. The predicted octanol–water partition coefficient (Wildman–Crippen LogP) is 2.53. The van der Waals surface area contributed by atoms with Crippen LogP contribution in [0, 0.1) is 0 Å². The SMILES string of the molecule is CCCCCCC(=O)CCCCCCCCC[C@@H](O)[C@H](O)[C@@](N)(CO)C(=O)O. The average molecular weight is 404 g/mol. The lowest BCUT2D eigenvalue weighted by atomic mass is 9.88. The second-order valence-corrected chi connectivity index (χ2v) is 7.88. The molecular formula is C21H41NO6. The molecule has 0 amide bonds. The van der Waals surface area contributed by atoms with Crippen LogP contribution in [0.2, 0.25) is 0 Å². The second kappa shape index (κ2) is 15.9. The first-order chi connectivity index (χ1) is 13.3. The summed E-state index contributed by atoms with van der Waals surface area (Å²) in [5, 5.41) is 37.9. The van der Waals surface area contributed by atoms with E-state index in [4.69, 9.17) is 15.9 Å². The zero-order chi connectivity index (χ0) is 21.4. The minimum absolute atomic E-state index is 0.236. The van der Waals surface area contributed by atoms with Crippen molar-refractivity contribution in [3.63, 3.8) is 0 Å². The first-order valence-electron chi connectivity index (χ1n) is 10.8. The van der Waals surface area contributed by atoms with Gasteiger partial charge in [0.1, 0.15) is 11.9 Å². The zero-order valence-corrected chi connectivity index (χ0v) is 17.4. The topological polar surface area (TPSA) is 141 Å². The summed E-state index contributed by atoms with van der Waals surface area (Å²) in [6.07, 6.45) is 9.83. The van der Waals surface area contributed by atoms with Gasteiger partial charge in [0.2, 0.25) is 0 Å². The lowest BCUT2D eigenvalue weighted by Crippen LogP contribution is -2.63. The monoisotopic (exact) mass is 403 g/mol. The highest BCUT2D eigenvalue weighted by atomic mass is 16.4. The molecular weight excluding hydrogens is 362 g/mol. The van der Waals surface area contributed by atoms with Crippen molar-refractivity contribution in [3.05, 3.63) is 0 Å². The number of ketones is 1. The quantitative estimate of drug-likeness (QED) is 0.209. The van der Waals surface area contributed by atoms with Gasteiger partial charge >= 0.3 is 5.97 Å². The Morgan fingerprint density at radius 2 is 1.32 bits per heavy atom. The highest BCUT2D eigenvalue weighted by Crippen LogP contribution is 2.17. The van der Waals surface area contributed by atoms with Gasteiger partial charge in [0, 0.05) is 12.8 Å². The number of aliphatic carboxylic acids is 1. The molecule has 0 saturated carbocycles. The normalized spacial score (nSPS) is 15.8. The van der Waals surface area contributed by atoms with Gasteiger partial charge in [-0.1, -0.05) is 64.7 Å². The minimum atomic E-state index is -2.24. The zero-order valence-electron chi connectivity index (χ0n) is 17.4. The number of aliphatic hydroxyl groups is 3. The molecule has 0 bridgehead atoms. The Balaban J connectivity index is 3.66. The third-order valence-corrected chi connectivity index (χ3v) is 5.32. The molecule has 7 nitrogen and oxygen atoms in total. The van der Waals surface area contributed by atoms with E-state index in [1.54, 1.807) is 0 Å². The molecule has 0 aliphatic rings. The first kappa shape index (κ1) is 27.0. The third-order valence-electron chi connectivity index (χ3n) is 5.32. The van der Waals surface area contributed by atoms with E-state index in [-0.39, 0.29) is 6.42 Å². The molecule has 3 atom stereocenters. The summed E-state index contributed by atoms with van der Waals surface area (Å²) in [7, 11) is 0. The summed E-state index contributed by atoms with van der Waals surface area (Å²) < 4.78 is 0. The van der Waals surface area contributed by atoms with Gasteiger partial charge < -0.3 is 26.2 Å². The fourth-order valence-electron chi connectivity index (χ4n) is 3.22. The molecule has 0 fully saturated rings. The molecule has 0 heterocycles. The standard InChI is InChI=1S/C21H41NO6/c1-2-3-4-10-13-17(24)14-11-8-6-5-7-9-12-15-18(25)19(26)21(22,16-23)20(27)28/h18-19,23,25-26H,2-16,22H2,1H3,(H,27,28)/t18-,19+,21+/m1/s1. The second-order valence-electron chi connectivity index (χ2n) is 7.88. The maximum atomic E-state index is 11.7. The Kier molecular flexibility index (Phi) is 15.3. The van der Waals surface area contributed by atoms with Crippen LogP contribution in [0.4, 0.5) is 0 Å². The number of rotatable bonds is 19. The number of carbonyl (C=O) groups is 2. The van der Waals surface area contributed by atoms with Crippen molar-refractivity contribution in [2.75, 3.05) is 6.61 Å². The molecule has 0 aliphatic heterocycles. The van der Waals surface area contributed by atoms with Gasteiger partial charge in [0.15, 0.2) is 5.54 Å². The van der Waals surface area contributed by atoms with Crippen LogP contribution in [0.1, 0.15) is 96.8 Å². The third kappa shape index (κ3) is 11.1. The van der Waals surface area contributed by atoms with E-state index in [9.17, 15) is 19.8 Å². The smallest absolute Gasteiger partial charge is 0.328 e. The molecule has 6 N–H and O–H groups in total. The Morgan fingerprint density at radius 3 is 1.79 bits per heavy atom. The van der Waals surface area contributed by atoms with Crippen LogP contribution >= 0.6 is 0 Å². The Bertz CT molecular complexity index is 431. The van der Waals surface area contributed by atoms with E-state index in [0.29, 0.717) is 18.6 Å². The Morgan fingerprint density at radius 1 is 0.857 bits per heavy atom. The molecule has 0 radical (unpaired) electrons. The number of aliphatic hydroxyl groups excluding tert-OH is 3. The molecule has 0 unspecified atom stereocenters. The number of Topliss-reactive ketones (excluding diaryl/α,β-unsaturated/α-hetero) is 1. The Hall–Kier alpha value is -1.02. The molecule has 7 heteroatoms. The van der Waals surface area contributed by atoms with Gasteiger partial charge in [-0.05, 0) is 19.3 Å². The molecule has 0 aliphatic carbocycles. The van der Waals surface area contributed by atoms with E-state index in [1.807, 2.05) is 0 Å². The summed E-state index contributed by atoms with van der Waals surface area (Å²) in [6, 6.07) is 0. The van der Waals surface area contributed by atoms with Gasteiger partial charge in [0.25, 0.3) is 0 Å². The van der Waals surface area contributed by atoms with Crippen molar-refractivity contribution < 1.29 is 30.0 Å². The maximum absolute atomic E-state index is 11.7. The van der Waals surface area contributed by atoms with E-state index < -0.39 is 30.3 Å². The average Bonchev–Trinajstić information content (AvgIpc) is 2.68. The first-order valence-corrected chi connectivity index (χ1v) is 10.8. The van der Waals surface area contributed by atoms with Gasteiger partial charge in [-0.3, -0.25) is 9.59 Å². The van der Waals surface area contributed by atoms with Crippen LogP contribution in [0.15, 0.2) is 0 Å². The van der Waals surface area contributed by atoms with Crippen molar-refractivity contribution in [1.29, 1.82) is 0 Å². The van der Waals surface area contributed by atoms with Crippen LogP contribution in [-0.4, -0.2) is 56.5 Å². The summed E-state index contributed by atoms with van der Waals surface area (Å²) in [5.74, 6) is -1.16. The predicted molar refractivity (Wildman–Crippen MR) is 109 cm³/mol. The molecule has 0 aromatic carbocycles. The molecule has 0 aromatic rings. The lowest BCUT2D eigenvalue weighted by molar-refractivity contribution is -0.155. The largest absolute Gasteiger partial charge is 0.480 e. The number of nitrogens with two attached hydrogens (primary N) is 1. The molecule has 0 rings (SSSR count). The Labute approximate surface area is 169 Å². The number of unbranched alkanes of at least 4 members (excludes halogenated alkanes) is 9. The van der Waals surface area contributed by atoms with Crippen LogP contribution < -0.4 is 5.73 Å². The number of hydrogen-bond acceptors (Lipinski definition) is 6. The van der Waals surface area contributed by atoms with Gasteiger partial charge in [-0.25, -0.2) is 0 Å². The van der Waals surface area contributed by atoms with Gasteiger partial charge in [-0.15, -0.1) is 0 Å². The van der Waals surface area contributed by atoms with E-state index >= 15 is 0 Å². The van der Waals surface area contributed by atoms with Gasteiger partial charge in [-0.2, -0.15) is 0 Å². The summed E-state index contributed by atoms with van der Waals surface area (Å²) >= 11 is 0. The van der Waals surface area contributed by atoms with Crippen molar-refractivity contribution >= 4 is 11.8 Å². The highest BCUT2D eigenvalue weighted by molar-refractivity contribution is 5.79. The van der Waals surface area contributed by atoms with E-state index in [1.165, 1.54) is 12.8 Å². The number of carbonyl (C=O) groups excluding carboxylic acids is 1. The molecule has 0 saturated heterocycles. The van der Waals surface area contributed by atoms with Gasteiger partial charge in [0.05, 0.1) is 12.7 Å². The van der Waals surface area contributed by atoms with Crippen LogP contribution in [0.5, 0.6) is 0 Å². The number of hydrogen-bond donors (Lipinski definition) is 5. The molecule has 0 aromatic heterocycles. The number of carboxylic acids is 1. The van der Waals surface area contributed by atoms with E-state index in [0.717, 1.165) is 57.8 Å². The van der Waals surface area contributed by atoms with E-state index in [2.05, 4.69) is 6.92 Å². The van der Waals surface area contributed by atoms with Crippen LogP contribution in [0.3, 0.4) is 0 Å². The van der Waals surface area contributed by atoms with Crippen LogP contribution in [0.25, 0.3) is 0 Å². The van der Waals surface area contributed by atoms with Crippen molar-refractivity contribution in [3.8, 4) is 0 Å². The van der Waals surface area contributed by atoms with Crippen molar-refractivity contribution in [1.82, 2.24) is 0 Å².